The van der Waals surface area contributed by atoms with Crippen LogP contribution in [0.3, 0.4) is 0 Å². The maximum atomic E-state index is 4.23. The third-order valence-electron chi connectivity index (χ3n) is 3.28. The van der Waals surface area contributed by atoms with Gasteiger partial charge in [0.25, 0.3) is 0 Å². The number of aromatic nitrogens is 1. The second-order valence-corrected chi connectivity index (χ2v) is 4.63. The summed E-state index contributed by atoms with van der Waals surface area (Å²) < 4.78 is 0. The summed E-state index contributed by atoms with van der Waals surface area (Å²) in [7, 11) is 2.10. The van der Waals surface area contributed by atoms with Crippen LogP contribution in [0.5, 0.6) is 0 Å². The molecule has 19 heavy (non-hydrogen) atoms. The lowest BCUT2D eigenvalue weighted by Crippen LogP contribution is -2.17. The van der Waals surface area contributed by atoms with Crippen LogP contribution in [0.4, 0.5) is 11.4 Å². The number of hydrogen-bond donors (Lipinski definition) is 1. The highest BCUT2D eigenvalue weighted by atomic mass is 15.1. The van der Waals surface area contributed by atoms with Crippen LogP contribution in [-0.2, 0) is 6.54 Å². The fraction of sp³-hybridized carbons (Fsp3) is 0.312. The summed E-state index contributed by atoms with van der Waals surface area (Å²) in [5.41, 5.74) is 4.92. The zero-order valence-corrected chi connectivity index (χ0v) is 11.9. The fourth-order valence-electron chi connectivity index (χ4n) is 2.21. The molecule has 0 amide bonds. The van der Waals surface area contributed by atoms with Crippen LogP contribution in [0.2, 0.25) is 0 Å². The van der Waals surface area contributed by atoms with Gasteiger partial charge in [-0.15, -0.1) is 0 Å². The molecule has 2 aromatic rings. The molecule has 0 fully saturated rings. The molecule has 2 rings (SSSR count). The van der Waals surface area contributed by atoms with Crippen molar-refractivity contribution in [1.82, 2.24) is 10.3 Å². The number of hydrogen-bond acceptors (Lipinski definition) is 3. The van der Waals surface area contributed by atoms with Gasteiger partial charge in [-0.2, -0.15) is 0 Å². The molecule has 3 heteroatoms. The summed E-state index contributed by atoms with van der Waals surface area (Å²) >= 11 is 0. The van der Waals surface area contributed by atoms with Crippen LogP contribution in [0, 0.1) is 6.92 Å². The van der Waals surface area contributed by atoms with Crippen molar-refractivity contribution in [2.75, 3.05) is 18.5 Å². The molecule has 100 valence electrons. The first-order valence-corrected chi connectivity index (χ1v) is 6.67. The van der Waals surface area contributed by atoms with Gasteiger partial charge in [0.15, 0.2) is 0 Å². The zero-order chi connectivity index (χ0) is 13.7. The van der Waals surface area contributed by atoms with Crippen molar-refractivity contribution in [3.05, 3.63) is 53.9 Å². The number of anilines is 2. The maximum Gasteiger partial charge on any atom is 0.0484 e. The van der Waals surface area contributed by atoms with Crippen LogP contribution < -0.4 is 10.2 Å². The number of nitrogens with one attached hydrogen (secondary N) is 1. The predicted octanol–water partition coefficient (Wildman–Crippen LogP) is 3.27. The van der Waals surface area contributed by atoms with Gasteiger partial charge in [-0.3, -0.25) is 4.98 Å². The van der Waals surface area contributed by atoms with Crippen LogP contribution in [0.15, 0.2) is 42.7 Å². The molecule has 0 saturated heterocycles. The van der Waals surface area contributed by atoms with Crippen molar-refractivity contribution >= 4 is 11.4 Å². The van der Waals surface area contributed by atoms with E-state index in [1.807, 2.05) is 12.4 Å². The van der Waals surface area contributed by atoms with Gasteiger partial charge in [0.05, 0.1) is 0 Å². The van der Waals surface area contributed by atoms with E-state index < -0.39 is 0 Å². The van der Waals surface area contributed by atoms with Gasteiger partial charge < -0.3 is 10.2 Å². The highest BCUT2D eigenvalue weighted by Crippen LogP contribution is 2.28. The van der Waals surface area contributed by atoms with E-state index in [0.717, 1.165) is 13.1 Å². The molecule has 0 atom stereocenters. The minimum Gasteiger partial charge on any atom is -0.344 e. The lowest BCUT2D eigenvalue weighted by molar-refractivity contribution is 0.724. The first-order chi connectivity index (χ1) is 9.24. The van der Waals surface area contributed by atoms with Crippen molar-refractivity contribution < 1.29 is 0 Å². The molecule has 3 nitrogen and oxygen atoms in total. The average Bonchev–Trinajstić information content (AvgIpc) is 2.45. The highest BCUT2D eigenvalue weighted by molar-refractivity contribution is 5.67. The lowest BCUT2D eigenvalue weighted by Gasteiger charge is -2.24. The zero-order valence-electron chi connectivity index (χ0n) is 11.9. The molecule has 1 N–H and O–H groups in total. The number of rotatable bonds is 5. The minimum absolute atomic E-state index is 0.843. The first-order valence-electron chi connectivity index (χ1n) is 6.67. The number of para-hydroxylation sites is 1. The molecule has 0 unspecified atom stereocenters. The molecule has 0 bridgehead atoms. The Balaban J connectivity index is 2.33. The van der Waals surface area contributed by atoms with Crippen LogP contribution >= 0.6 is 0 Å². The average molecular weight is 255 g/mol. The standard InChI is InChI=1S/C16H21N3/c1-4-17-11-14-12-18-10-9-16(14)19(3)15-8-6-5-7-13(15)2/h5-10,12,17H,4,11H2,1-3H3. The minimum atomic E-state index is 0.843. The van der Waals surface area contributed by atoms with E-state index in [-0.39, 0.29) is 0 Å². The smallest absolute Gasteiger partial charge is 0.0484 e. The van der Waals surface area contributed by atoms with Crippen molar-refractivity contribution in [1.29, 1.82) is 0 Å². The third kappa shape index (κ3) is 3.12. The van der Waals surface area contributed by atoms with Crippen LogP contribution in [0.1, 0.15) is 18.1 Å². The largest absolute Gasteiger partial charge is 0.344 e. The van der Waals surface area contributed by atoms with Gasteiger partial charge in [-0.25, -0.2) is 0 Å². The Hall–Kier alpha value is -1.87. The summed E-state index contributed by atoms with van der Waals surface area (Å²) in [6.45, 7) is 6.05. The van der Waals surface area contributed by atoms with Crippen LogP contribution in [-0.4, -0.2) is 18.6 Å². The van der Waals surface area contributed by atoms with Crippen molar-refractivity contribution in [2.45, 2.75) is 20.4 Å². The highest BCUT2D eigenvalue weighted by Gasteiger charge is 2.10. The van der Waals surface area contributed by atoms with E-state index in [4.69, 9.17) is 0 Å². The summed E-state index contributed by atoms with van der Waals surface area (Å²) in [5.74, 6) is 0. The maximum absolute atomic E-state index is 4.23. The summed E-state index contributed by atoms with van der Waals surface area (Å²) in [5, 5.41) is 3.36. The van der Waals surface area contributed by atoms with Gasteiger partial charge in [-0.05, 0) is 31.2 Å². The summed E-state index contributed by atoms with van der Waals surface area (Å²) in [6, 6.07) is 10.5. The topological polar surface area (TPSA) is 28.2 Å². The molecule has 1 heterocycles. The lowest BCUT2D eigenvalue weighted by atomic mass is 10.1. The number of pyridine rings is 1. The third-order valence-corrected chi connectivity index (χ3v) is 3.28. The second kappa shape index (κ2) is 6.34. The normalized spacial score (nSPS) is 10.5. The Labute approximate surface area is 115 Å². The number of benzene rings is 1. The molecule has 1 aromatic heterocycles. The van der Waals surface area contributed by atoms with Crippen molar-refractivity contribution in [2.24, 2.45) is 0 Å². The first kappa shape index (κ1) is 13.6. The fourth-order valence-corrected chi connectivity index (χ4v) is 2.21. The van der Waals surface area contributed by atoms with Gasteiger partial charge in [0, 0.05) is 42.9 Å². The number of aryl methyl sites for hydroxylation is 1. The molecule has 0 spiro atoms. The van der Waals surface area contributed by atoms with Gasteiger partial charge in [0.1, 0.15) is 0 Å². The molecule has 0 saturated carbocycles. The monoisotopic (exact) mass is 255 g/mol. The van der Waals surface area contributed by atoms with E-state index in [1.165, 1.54) is 22.5 Å². The predicted molar refractivity (Wildman–Crippen MR) is 80.9 cm³/mol. The van der Waals surface area contributed by atoms with Crippen molar-refractivity contribution in [3.8, 4) is 0 Å². The molecule has 1 aromatic carbocycles. The van der Waals surface area contributed by atoms with E-state index in [9.17, 15) is 0 Å². The Morgan fingerprint density at radius 1 is 1.16 bits per heavy atom. The van der Waals surface area contributed by atoms with E-state index in [0.29, 0.717) is 0 Å². The van der Waals surface area contributed by atoms with Gasteiger partial charge in [0.2, 0.25) is 0 Å². The molecule has 0 radical (unpaired) electrons. The van der Waals surface area contributed by atoms with E-state index in [1.54, 1.807) is 0 Å². The molecule has 0 aliphatic rings. The van der Waals surface area contributed by atoms with Gasteiger partial charge >= 0.3 is 0 Å². The van der Waals surface area contributed by atoms with Gasteiger partial charge in [-0.1, -0.05) is 25.1 Å². The molecule has 0 aliphatic heterocycles. The second-order valence-electron chi connectivity index (χ2n) is 4.63. The Morgan fingerprint density at radius 2 is 1.95 bits per heavy atom. The SMILES string of the molecule is CCNCc1cnccc1N(C)c1ccccc1C. The van der Waals surface area contributed by atoms with Crippen molar-refractivity contribution in [3.63, 3.8) is 0 Å². The molecular formula is C16H21N3. The Morgan fingerprint density at radius 3 is 2.68 bits per heavy atom. The molecular weight excluding hydrogens is 234 g/mol. The quantitative estimate of drug-likeness (QED) is 0.888. The molecule has 0 aliphatic carbocycles. The Kier molecular flexibility index (Phi) is 4.53. The van der Waals surface area contributed by atoms with E-state index >= 15 is 0 Å². The summed E-state index contributed by atoms with van der Waals surface area (Å²) in [4.78, 5) is 6.46. The summed E-state index contributed by atoms with van der Waals surface area (Å²) in [6.07, 6.45) is 3.78. The Bertz CT molecular complexity index is 537. The number of nitrogens with zero attached hydrogens (tertiary/aromatic N) is 2. The van der Waals surface area contributed by atoms with E-state index in [2.05, 4.69) is 66.4 Å². The van der Waals surface area contributed by atoms with Crippen LogP contribution in [0.25, 0.3) is 0 Å².